The van der Waals surface area contributed by atoms with Gasteiger partial charge in [0.1, 0.15) is 24.2 Å². The molecule has 0 saturated heterocycles. The quantitative estimate of drug-likeness (QED) is 0.304. The van der Waals surface area contributed by atoms with Crippen molar-refractivity contribution in [1.82, 2.24) is 10.2 Å². The minimum absolute atomic E-state index is 0.0110. The molecule has 3 aromatic rings. The normalized spacial score (nSPS) is 12.1. The first-order valence-electron chi connectivity index (χ1n) is 13.6. The maximum absolute atomic E-state index is 14.1. The number of nitrogens with zero attached hydrogens (tertiary/aromatic N) is 2. The van der Waals surface area contributed by atoms with Gasteiger partial charge in [0.25, 0.3) is 10.0 Å². The van der Waals surface area contributed by atoms with Crippen LogP contribution in [0.1, 0.15) is 45.2 Å². The third kappa shape index (κ3) is 8.07. The van der Waals surface area contributed by atoms with Crippen molar-refractivity contribution in [2.24, 2.45) is 0 Å². The van der Waals surface area contributed by atoms with Crippen LogP contribution >= 0.6 is 0 Å². The molecule has 0 unspecified atom stereocenters. The number of hydrogen-bond acceptors (Lipinski definition) is 5. The van der Waals surface area contributed by atoms with Gasteiger partial charge in [0.2, 0.25) is 11.8 Å². The summed E-state index contributed by atoms with van der Waals surface area (Å²) in [7, 11) is -4.23. The second-order valence-electron chi connectivity index (χ2n) is 9.96. The molecular weight excluding hydrogens is 545 g/mol. The lowest BCUT2D eigenvalue weighted by Gasteiger charge is -2.34. The summed E-state index contributed by atoms with van der Waals surface area (Å²) in [5, 5.41) is 2.85. The third-order valence-corrected chi connectivity index (χ3v) is 8.18. The second-order valence-corrected chi connectivity index (χ2v) is 11.8. The van der Waals surface area contributed by atoms with Gasteiger partial charge in [-0.25, -0.2) is 12.8 Å². The van der Waals surface area contributed by atoms with Gasteiger partial charge >= 0.3 is 0 Å². The molecule has 8 nitrogen and oxygen atoms in total. The molecule has 3 rings (SSSR count). The molecule has 0 saturated carbocycles. The zero-order valence-corrected chi connectivity index (χ0v) is 24.9. The Bertz CT molecular complexity index is 1430. The van der Waals surface area contributed by atoms with E-state index in [1.807, 2.05) is 20.8 Å². The number of amides is 2. The van der Waals surface area contributed by atoms with E-state index >= 15 is 0 Å². The Labute approximate surface area is 242 Å². The summed E-state index contributed by atoms with van der Waals surface area (Å²) in [5.41, 5.74) is 1.68. The summed E-state index contributed by atoms with van der Waals surface area (Å²) in [6.45, 7) is 8.72. The highest BCUT2D eigenvalue weighted by molar-refractivity contribution is 7.92. The fourth-order valence-corrected chi connectivity index (χ4v) is 5.80. The molecule has 0 aliphatic carbocycles. The maximum Gasteiger partial charge on any atom is 0.264 e. The predicted octanol–water partition coefficient (Wildman–Crippen LogP) is 5.06. The number of rotatable bonds is 13. The average molecular weight is 584 g/mol. The van der Waals surface area contributed by atoms with Crippen LogP contribution in [-0.4, -0.2) is 50.4 Å². The third-order valence-electron chi connectivity index (χ3n) is 6.40. The van der Waals surface area contributed by atoms with E-state index in [1.54, 1.807) is 50.2 Å². The standard InChI is InChI=1S/C31H38FN3O5S/c1-6-27(31(37)33-22(3)4)34(20-24-14-16-25(32)17-15-24)30(36)21-35(28-10-8-9-11-29(28)40-7-2)41(38,39)26-18-12-23(5)13-19-26/h8-19,22,27H,6-7,20-21H2,1-5H3,(H,33,37)/t27-/m1/s1. The van der Waals surface area contributed by atoms with Gasteiger partial charge in [0.15, 0.2) is 0 Å². The van der Waals surface area contributed by atoms with Crippen LogP contribution in [0, 0.1) is 12.7 Å². The van der Waals surface area contributed by atoms with Crippen LogP contribution in [0.5, 0.6) is 5.75 Å². The number of anilines is 1. The van der Waals surface area contributed by atoms with E-state index < -0.39 is 34.3 Å². The van der Waals surface area contributed by atoms with Crippen molar-refractivity contribution in [2.45, 2.75) is 64.6 Å². The zero-order valence-electron chi connectivity index (χ0n) is 24.1. The van der Waals surface area contributed by atoms with Gasteiger partial charge in [-0.15, -0.1) is 0 Å². The van der Waals surface area contributed by atoms with Crippen molar-refractivity contribution in [3.63, 3.8) is 0 Å². The Morgan fingerprint density at radius 2 is 1.59 bits per heavy atom. The van der Waals surface area contributed by atoms with Crippen LogP contribution in [0.3, 0.4) is 0 Å². The molecule has 220 valence electrons. The Morgan fingerprint density at radius 3 is 2.17 bits per heavy atom. The Morgan fingerprint density at radius 1 is 0.951 bits per heavy atom. The van der Waals surface area contributed by atoms with Gasteiger partial charge in [-0.3, -0.25) is 13.9 Å². The predicted molar refractivity (Wildman–Crippen MR) is 158 cm³/mol. The van der Waals surface area contributed by atoms with Gasteiger partial charge < -0.3 is 15.0 Å². The van der Waals surface area contributed by atoms with Crippen LogP contribution in [0.25, 0.3) is 0 Å². The lowest BCUT2D eigenvalue weighted by Crippen LogP contribution is -2.53. The Hall–Kier alpha value is -3.92. The highest BCUT2D eigenvalue weighted by Gasteiger charge is 2.34. The van der Waals surface area contributed by atoms with Crippen LogP contribution in [0.4, 0.5) is 10.1 Å². The van der Waals surface area contributed by atoms with Gasteiger partial charge in [-0.2, -0.15) is 0 Å². The first-order chi connectivity index (χ1) is 19.5. The summed E-state index contributed by atoms with van der Waals surface area (Å²) in [6.07, 6.45) is 0.283. The number of carbonyl (C=O) groups excluding carboxylic acids is 2. The first kappa shape index (κ1) is 31.6. The fraction of sp³-hybridized carbons (Fsp3) is 0.355. The summed E-state index contributed by atoms with van der Waals surface area (Å²) in [6, 6.07) is 17.5. The highest BCUT2D eigenvalue weighted by atomic mass is 32.2. The van der Waals surface area contributed by atoms with Crippen LogP contribution in [0.2, 0.25) is 0 Å². The highest BCUT2D eigenvalue weighted by Crippen LogP contribution is 2.33. The minimum atomic E-state index is -4.23. The van der Waals surface area contributed by atoms with E-state index in [0.717, 1.165) is 9.87 Å². The fourth-order valence-electron chi connectivity index (χ4n) is 4.38. The number of nitrogens with one attached hydrogen (secondary N) is 1. The number of sulfonamides is 1. The summed E-state index contributed by atoms with van der Waals surface area (Å²) in [5.74, 6) is -1.09. The summed E-state index contributed by atoms with van der Waals surface area (Å²) < 4.78 is 48.5. The Balaban J connectivity index is 2.11. The maximum atomic E-state index is 14.1. The number of aryl methyl sites for hydroxylation is 1. The smallest absolute Gasteiger partial charge is 0.264 e. The van der Waals surface area contributed by atoms with Gasteiger partial charge in [0.05, 0.1) is 17.2 Å². The van der Waals surface area contributed by atoms with Crippen LogP contribution < -0.4 is 14.4 Å². The van der Waals surface area contributed by atoms with Crippen molar-refractivity contribution in [3.8, 4) is 5.75 Å². The SMILES string of the molecule is CCOc1ccccc1N(CC(=O)N(Cc1ccc(F)cc1)[C@H](CC)C(=O)NC(C)C)S(=O)(=O)c1ccc(C)cc1. The van der Waals surface area contributed by atoms with Crippen molar-refractivity contribution >= 4 is 27.5 Å². The van der Waals surface area contributed by atoms with Crippen LogP contribution in [-0.2, 0) is 26.2 Å². The molecule has 0 heterocycles. The molecule has 1 atom stereocenters. The number of benzene rings is 3. The topological polar surface area (TPSA) is 96.0 Å². The Kier molecular flexibility index (Phi) is 10.9. The van der Waals surface area contributed by atoms with Crippen molar-refractivity contribution in [2.75, 3.05) is 17.5 Å². The lowest BCUT2D eigenvalue weighted by atomic mass is 10.1. The molecule has 0 fully saturated rings. The van der Waals surface area contributed by atoms with Gasteiger partial charge in [-0.05, 0) is 76.1 Å². The molecule has 0 aliphatic heterocycles. The van der Waals surface area contributed by atoms with Crippen molar-refractivity contribution < 1.29 is 27.1 Å². The molecule has 0 bridgehead atoms. The molecule has 0 aromatic heterocycles. The van der Waals surface area contributed by atoms with E-state index in [1.165, 1.54) is 41.3 Å². The number of ether oxygens (including phenoxy) is 1. The lowest BCUT2D eigenvalue weighted by molar-refractivity contribution is -0.140. The number of para-hydroxylation sites is 2. The molecule has 0 spiro atoms. The average Bonchev–Trinajstić information content (AvgIpc) is 2.93. The first-order valence-corrected chi connectivity index (χ1v) is 15.1. The molecule has 1 N–H and O–H groups in total. The van der Waals surface area contributed by atoms with Crippen LogP contribution in [0.15, 0.2) is 77.7 Å². The van der Waals surface area contributed by atoms with E-state index in [0.29, 0.717) is 11.3 Å². The van der Waals surface area contributed by atoms with Gasteiger partial charge in [0, 0.05) is 12.6 Å². The summed E-state index contributed by atoms with van der Waals surface area (Å²) >= 11 is 0. The second kappa shape index (κ2) is 14.1. The molecule has 2 amide bonds. The van der Waals surface area contributed by atoms with E-state index in [2.05, 4.69) is 5.32 Å². The number of hydrogen-bond donors (Lipinski definition) is 1. The largest absolute Gasteiger partial charge is 0.492 e. The summed E-state index contributed by atoms with van der Waals surface area (Å²) in [4.78, 5) is 28.7. The van der Waals surface area contributed by atoms with Crippen molar-refractivity contribution in [1.29, 1.82) is 0 Å². The van der Waals surface area contributed by atoms with Gasteiger partial charge in [-0.1, -0.05) is 48.9 Å². The number of carbonyl (C=O) groups is 2. The zero-order chi connectivity index (χ0) is 30.2. The monoisotopic (exact) mass is 583 g/mol. The molecule has 3 aromatic carbocycles. The minimum Gasteiger partial charge on any atom is -0.492 e. The van der Waals surface area contributed by atoms with E-state index in [4.69, 9.17) is 4.74 Å². The molecular formula is C31H38FN3O5S. The van der Waals surface area contributed by atoms with Crippen molar-refractivity contribution in [3.05, 3.63) is 89.7 Å². The van der Waals surface area contributed by atoms with E-state index in [-0.39, 0.29) is 42.1 Å². The number of halogens is 1. The van der Waals surface area contributed by atoms with E-state index in [9.17, 15) is 22.4 Å². The molecule has 0 aliphatic rings. The molecule has 10 heteroatoms. The molecule has 41 heavy (non-hydrogen) atoms. The molecule has 0 radical (unpaired) electrons.